The highest BCUT2D eigenvalue weighted by Crippen LogP contribution is 2.41. The van der Waals surface area contributed by atoms with E-state index in [1.54, 1.807) is 42.5 Å². The molecular formula is C22H23NO5. The van der Waals surface area contributed by atoms with Crippen LogP contribution >= 0.6 is 0 Å². The molecule has 1 aliphatic rings. The fourth-order valence-corrected chi connectivity index (χ4v) is 3.40. The lowest BCUT2D eigenvalue weighted by atomic mass is 9.95. The minimum Gasteiger partial charge on any atom is -0.507 e. The van der Waals surface area contributed by atoms with Crippen LogP contribution in [0, 0.1) is 0 Å². The number of aliphatic hydroxyl groups is 1. The minimum atomic E-state index is -0.749. The third kappa shape index (κ3) is 3.45. The number of methoxy groups -OCH3 is 1. The summed E-state index contributed by atoms with van der Waals surface area (Å²) in [5.74, 6) is -1.37. The van der Waals surface area contributed by atoms with Gasteiger partial charge in [0.25, 0.3) is 11.7 Å². The van der Waals surface area contributed by atoms with Crippen molar-refractivity contribution in [1.29, 1.82) is 0 Å². The Morgan fingerprint density at radius 1 is 1.14 bits per heavy atom. The molecule has 1 atom stereocenters. The molecule has 0 saturated carbocycles. The number of aliphatic hydroxyl groups excluding tert-OH is 1. The lowest BCUT2D eigenvalue weighted by Crippen LogP contribution is -2.30. The first kappa shape index (κ1) is 19.5. The molecule has 146 valence electrons. The summed E-state index contributed by atoms with van der Waals surface area (Å²) < 4.78 is 5.18. The molecule has 1 saturated heterocycles. The van der Waals surface area contributed by atoms with Crippen LogP contribution in [0.2, 0.25) is 0 Å². The van der Waals surface area contributed by atoms with E-state index in [1.165, 1.54) is 18.1 Å². The van der Waals surface area contributed by atoms with Crippen molar-refractivity contribution in [2.24, 2.45) is 0 Å². The summed E-state index contributed by atoms with van der Waals surface area (Å²) in [4.78, 5) is 27.0. The average Bonchev–Trinajstić information content (AvgIpc) is 2.97. The molecule has 0 aromatic heterocycles. The molecule has 6 heteroatoms. The van der Waals surface area contributed by atoms with Crippen LogP contribution < -0.4 is 4.74 Å². The molecule has 28 heavy (non-hydrogen) atoms. The number of unbranched alkanes of at least 4 members (excludes halogenated alkanes) is 1. The third-order valence-electron chi connectivity index (χ3n) is 4.86. The first-order valence-electron chi connectivity index (χ1n) is 9.20. The summed E-state index contributed by atoms with van der Waals surface area (Å²) in [5.41, 5.74) is 1.09. The highest BCUT2D eigenvalue weighted by molar-refractivity contribution is 6.46. The second-order valence-electron chi connectivity index (χ2n) is 6.64. The van der Waals surface area contributed by atoms with Gasteiger partial charge in [-0.05, 0) is 24.1 Å². The number of carbonyl (C=O) groups excluding carboxylic acids is 2. The van der Waals surface area contributed by atoms with E-state index in [0.717, 1.165) is 12.8 Å². The predicted molar refractivity (Wildman–Crippen MR) is 105 cm³/mol. The quantitative estimate of drug-likeness (QED) is 0.453. The predicted octanol–water partition coefficient (Wildman–Crippen LogP) is 3.62. The molecule has 0 spiro atoms. The number of likely N-dealkylation sites (tertiary alicyclic amines) is 1. The van der Waals surface area contributed by atoms with Crippen LogP contribution in [0.15, 0.2) is 54.1 Å². The lowest BCUT2D eigenvalue weighted by Gasteiger charge is -2.25. The number of hydrogen-bond donors (Lipinski definition) is 2. The van der Waals surface area contributed by atoms with Crippen molar-refractivity contribution in [2.75, 3.05) is 13.7 Å². The van der Waals surface area contributed by atoms with Crippen molar-refractivity contribution in [3.8, 4) is 11.5 Å². The second kappa shape index (κ2) is 8.17. The zero-order valence-corrected chi connectivity index (χ0v) is 15.9. The summed E-state index contributed by atoms with van der Waals surface area (Å²) in [6.45, 7) is 2.39. The maximum Gasteiger partial charge on any atom is 0.295 e. The molecule has 0 radical (unpaired) electrons. The highest BCUT2D eigenvalue weighted by atomic mass is 16.5. The molecule has 0 aliphatic carbocycles. The van der Waals surface area contributed by atoms with Crippen molar-refractivity contribution >= 4 is 17.4 Å². The van der Waals surface area contributed by atoms with E-state index in [9.17, 15) is 19.8 Å². The average molecular weight is 381 g/mol. The van der Waals surface area contributed by atoms with E-state index in [2.05, 4.69) is 0 Å². The van der Waals surface area contributed by atoms with Crippen LogP contribution in [-0.4, -0.2) is 40.5 Å². The zero-order chi connectivity index (χ0) is 20.3. The van der Waals surface area contributed by atoms with E-state index >= 15 is 0 Å². The molecule has 1 aliphatic heterocycles. The maximum atomic E-state index is 12.8. The van der Waals surface area contributed by atoms with Gasteiger partial charge in [-0.3, -0.25) is 9.59 Å². The Morgan fingerprint density at radius 3 is 2.50 bits per heavy atom. The van der Waals surface area contributed by atoms with Gasteiger partial charge < -0.3 is 19.8 Å². The summed E-state index contributed by atoms with van der Waals surface area (Å²) in [6.07, 6.45) is 1.58. The van der Waals surface area contributed by atoms with Crippen LogP contribution in [0.1, 0.15) is 36.9 Å². The number of rotatable bonds is 6. The number of ketones is 1. The number of benzene rings is 2. The minimum absolute atomic E-state index is 0.0417. The summed E-state index contributed by atoms with van der Waals surface area (Å²) in [6, 6.07) is 12.6. The number of amides is 1. The number of phenolic OH excluding ortho intramolecular Hbond substituents is 1. The molecule has 2 aromatic rings. The number of ether oxygens (including phenoxy) is 1. The van der Waals surface area contributed by atoms with E-state index < -0.39 is 17.7 Å². The largest absolute Gasteiger partial charge is 0.507 e. The van der Waals surface area contributed by atoms with Crippen LogP contribution in [0.3, 0.4) is 0 Å². The molecule has 1 fully saturated rings. The maximum absolute atomic E-state index is 12.8. The van der Waals surface area contributed by atoms with Gasteiger partial charge >= 0.3 is 0 Å². The van der Waals surface area contributed by atoms with E-state index in [-0.39, 0.29) is 22.8 Å². The zero-order valence-electron chi connectivity index (χ0n) is 15.9. The SMILES string of the molecule is CCCCN1C(=O)C(=O)/C(=C(/O)c2ccccc2)C1c1ccc(O)c(OC)c1. The molecular weight excluding hydrogens is 358 g/mol. The Morgan fingerprint density at radius 2 is 1.86 bits per heavy atom. The molecule has 1 heterocycles. The third-order valence-corrected chi connectivity index (χ3v) is 4.86. The Bertz CT molecular complexity index is 920. The van der Waals surface area contributed by atoms with Crippen molar-refractivity contribution in [2.45, 2.75) is 25.8 Å². The number of hydrogen-bond acceptors (Lipinski definition) is 5. The van der Waals surface area contributed by atoms with Crippen molar-refractivity contribution in [3.63, 3.8) is 0 Å². The van der Waals surface area contributed by atoms with Gasteiger partial charge in [-0.15, -0.1) is 0 Å². The fourth-order valence-electron chi connectivity index (χ4n) is 3.40. The number of aromatic hydroxyl groups is 1. The van der Waals surface area contributed by atoms with Crippen LogP contribution in [-0.2, 0) is 9.59 Å². The smallest absolute Gasteiger partial charge is 0.295 e. The fraction of sp³-hybridized carbons (Fsp3) is 0.273. The summed E-state index contributed by atoms with van der Waals surface area (Å²) in [7, 11) is 1.43. The number of nitrogens with zero attached hydrogens (tertiary/aromatic N) is 1. The summed E-state index contributed by atoms with van der Waals surface area (Å²) >= 11 is 0. The monoisotopic (exact) mass is 381 g/mol. The molecule has 6 nitrogen and oxygen atoms in total. The van der Waals surface area contributed by atoms with Crippen molar-refractivity contribution in [1.82, 2.24) is 4.90 Å². The Labute approximate surface area is 163 Å². The number of phenols is 1. The molecule has 2 aromatic carbocycles. The number of carbonyl (C=O) groups is 2. The molecule has 2 N–H and O–H groups in total. The van der Waals surface area contributed by atoms with Gasteiger partial charge in [0.1, 0.15) is 5.76 Å². The topological polar surface area (TPSA) is 87.1 Å². The van der Waals surface area contributed by atoms with Crippen molar-refractivity contribution < 1.29 is 24.5 Å². The van der Waals surface area contributed by atoms with Crippen LogP contribution in [0.5, 0.6) is 11.5 Å². The van der Waals surface area contributed by atoms with Gasteiger partial charge in [-0.2, -0.15) is 0 Å². The van der Waals surface area contributed by atoms with Gasteiger partial charge in [0.2, 0.25) is 0 Å². The molecule has 1 unspecified atom stereocenters. The Hall–Kier alpha value is -3.28. The second-order valence-corrected chi connectivity index (χ2v) is 6.64. The van der Waals surface area contributed by atoms with Gasteiger partial charge in [0.15, 0.2) is 11.5 Å². The van der Waals surface area contributed by atoms with Crippen molar-refractivity contribution in [3.05, 3.63) is 65.2 Å². The summed E-state index contributed by atoms with van der Waals surface area (Å²) in [5, 5.41) is 20.8. The lowest BCUT2D eigenvalue weighted by molar-refractivity contribution is -0.139. The first-order chi connectivity index (χ1) is 13.5. The van der Waals surface area contributed by atoms with E-state index in [1.807, 2.05) is 6.92 Å². The van der Waals surface area contributed by atoms with Crippen LogP contribution in [0.25, 0.3) is 5.76 Å². The van der Waals surface area contributed by atoms with E-state index in [4.69, 9.17) is 4.74 Å². The Balaban J connectivity index is 2.18. The van der Waals surface area contributed by atoms with E-state index in [0.29, 0.717) is 17.7 Å². The standard InChI is InChI=1S/C22H23NO5/c1-3-4-12-23-19(15-10-11-16(24)17(13-15)28-2)18(21(26)22(23)27)20(25)14-8-6-5-7-9-14/h5-11,13,19,24-25H,3-4,12H2,1-2H3/b20-18+. The highest BCUT2D eigenvalue weighted by Gasteiger charge is 2.45. The van der Waals surface area contributed by atoms with Gasteiger partial charge in [-0.25, -0.2) is 0 Å². The van der Waals surface area contributed by atoms with Gasteiger partial charge in [0.05, 0.1) is 18.7 Å². The molecule has 0 bridgehead atoms. The normalized spacial score (nSPS) is 18.5. The first-order valence-corrected chi connectivity index (χ1v) is 9.20. The van der Waals surface area contributed by atoms with Gasteiger partial charge in [-0.1, -0.05) is 49.7 Å². The number of Topliss-reactive ketones (excluding diaryl/α,β-unsaturated/α-hetero) is 1. The molecule has 3 rings (SSSR count). The van der Waals surface area contributed by atoms with Gasteiger partial charge in [0, 0.05) is 12.1 Å². The molecule has 1 amide bonds. The Kier molecular flexibility index (Phi) is 5.68. The van der Waals surface area contributed by atoms with Crippen LogP contribution in [0.4, 0.5) is 0 Å².